The minimum absolute atomic E-state index is 0.0685. The summed E-state index contributed by atoms with van der Waals surface area (Å²) in [6, 6.07) is 6.47. The highest BCUT2D eigenvalue weighted by molar-refractivity contribution is 5.97. The molecule has 2 aromatic carbocycles. The molecule has 1 N–H and O–H groups in total. The molecule has 3 heterocycles. The van der Waals surface area contributed by atoms with Crippen LogP contribution in [0.2, 0.25) is 0 Å². The predicted molar refractivity (Wildman–Crippen MR) is 90.7 cm³/mol. The molecule has 25 heavy (non-hydrogen) atoms. The summed E-state index contributed by atoms with van der Waals surface area (Å²) in [5, 5.41) is 10.8. The number of methoxy groups -OCH3 is 1. The lowest BCUT2D eigenvalue weighted by Gasteiger charge is -2.14. The molecule has 1 aromatic heterocycles. The van der Waals surface area contributed by atoms with Crippen LogP contribution in [0.4, 0.5) is 0 Å². The molecule has 0 radical (unpaired) electrons. The second kappa shape index (κ2) is 4.67. The van der Waals surface area contributed by atoms with Gasteiger partial charge in [0.2, 0.25) is 5.43 Å². The SMILES string of the molecule is COc1cc2c(c3oc4c(O)cccc4c(=O)c13)C[C@H]([C@@]1(C)CO1)O2. The summed E-state index contributed by atoms with van der Waals surface area (Å²) in [4.78, 5) is 13.0. The lowest BCUT2D eigenvalue weighted by molar-refractivity contribution is 0.127. The third kappa shape index (κ3) is 1.91. The number of fused-ring (bicyclic) bond motifs is 4. The molecule has 2 aliphatic heterocycles. The second-order valence-corrected chi connectivity index (χ2v) is 6.76. The van der Waals surface area contributed by atoms with Gasteiger partial charge in [-0.3, -0.25) is 4.79 Å². The van der Waals surface area contributed by atoms with Crippen LogP contribution >= 0.6 is 0 Å². The average molecular weight is 340 g/mol. The molecule has 0 bridgehead atoms. The van der Waals surface area contributed by atoms with Crippen LogP contribution in [0.5, 0.6) is 17.2 Å². The summed E-state index contributed by atoms with van der Waals surface area (Å²) in [7, 11) is 1.50. The zero-order valence-corrected chi connectivity index (χ0v) is 13.8. The molecule has 0 aliphatic carbocycles. The number of hydrogen-bond acceptors (Lipinski definition) is 6. The molecule has 1 fully saturated rings. The molecule has 6 heteroatoms. The lowest BCUT2D eigenvalue weighted by atomic mass is 9.98. The van der Waals surface area contributed by atoms with Crippen molar-refractivity contribution in [1.82, 2.24) is 0 Å². The molecule has 0 saturated carbocycles. The van der Waals surface area contributed by atoms with E-state index < -0.39 is 0 Å². The predicted octanol–water partition coefficient (Wildman–Crippen LogP) is 2.75. The molecule has 5 rings (SSSR count). The van der Waals surface area contributed by atoms with Gasteiger partial charge < -0.3 is 23.7 Å². The van der Waals surface area contributed by atoms with Crippen LogP contribution in [0.15, 0.2) is 33.5 Å². The van der Waals surface area contributed by atoms with Gasteiger partial charge in [-0.05, 0) is 19.1 Å². The zero-order chi connectivity index (χ0) is 17.3. The Labute approximate surface area is 142 Å². The topological polar surface area (TPSA) is 81.4 Å². The average Bonchev–Trinajstić information content (AvgIpc) is 3.20. The largest absolute Gasteiger partial charge is 0.504 e. The number of ether oxygens (including phenoxy) is 3. The summed E-state index contributed by atoms with van der Waals surface area (Å²) in [6.45, 7) is 2.65. The number of benzene rings is 2. The molecule has 128 valence electrons. The molecular formula is C19H16O6. The summed E-state index contributed by atoms with van der Waals surface area (Å²) in [5.74, 6) is 0.959. The van der Waals surface area contributed by atoms with Gasteiger partial charge in [0.1, 0.15) is 34.2 Å². The van der Waals surface area contributed by atoms with E-state index in [2.05, 4.69) is 0 Å². The summed E-state index contributed by atoms with van der Waals surface area (Å²) in [6.07, 6.45) is 0.442. The van der Waals surface area contributed by atoms with E-state index in [-0.39, 0.29) is 28.5 Å². The quantitative estimate of drug-likeness (QED) is 0.571. The van der Waals surface area contributed by atoms with Gasteiger partial charge in [-0.25, -0.2) is 0 Å². The lowest BCUT2D eigenvalue weighted by Crippen LogP contribution is -2.30. The third-order valence-electron chi connectivity index (χ3n) is 5.14. The van der Waals surface area contributed by atoms with Crippen LogP contribution in [0.1, 0.15) is 12.5 Å². The second-order valence-electron chi connectivity index (χ2n) is 6.76. The Morgan fingerprint density at radius 1 is 1.32 bits per heavy atom. The van der Waals surface area contributed by atoms with Gasteiger partial charge in [-0.2, -0.15) is 0 Å². The maximum atomic E-state index is 13.0. The van der Waals surface area contributed by atoms with E-state index in [0.717, 1.165) is 5.56 Å². The molecule has 6 nitrogen and oxygen atoms in total. The molecule has 0 spiro atoms. The van der Waals surface area contributed by atoms with E-state index in [4.69, 9.17) is 18.6 Å². The van der Waals surface area contributed by atoms with Crippen molar-refractivity contribution < 1.29 is 23.7 Å². The Hall–Kier alpha value is -2.73. The fraction of sp³-hybridized carbons (Fsp3) is 0.316. The van der Waals surface area contributed by atoms with Gasteiger partial charge in [-0.1, -0.05) is 6.07 Å². The summed E-state index contributed by atoms with van der Waals surface area (Å²) in [5.41, 5.74) is 0.842. The van der Waals surface area contributed by atoms with Gasteiger partial charge in [-0.15, -0.1) is 0 Å². The van der Waals surface area contributed by atoms with Gasteiger partial charge in [0.25, 0.3) is 0 Å². The first-order valence-electron chi connectivity index (χ1n) is 8.11. The van der Waals surface area contributed by atoms with Crippen molar-refractivity contribution in [2.75, 3.05) is 13.7 Å². The first-order valence-corrected chi connectivity index (χ1v) is 8.11. The van der Waals surface area contributed by atoms with Crippen LogP contribution in [0.25, 0.3) is 21.9 Å². The van der Waals surface area contributed by atoms with Crippen molar-refractivity contribution in [1.29, 1.82) is 0 Å². The van der Waals surface area contributed by atoms with Gasteiger partial charge in [0, 0.05) is 18.1 Å². The van der Waals surface area contributed by atoms with Crippen LogP contribution in [-0.4, -0.2) is 30.5 Å². The zero-order valence-electron chi connectivity index (χ0n) is 13.8. The number of phenols is 1. The van der Waals surface area contributed by atoms with Crippen molar-refractivity contribution in [2.24, 2.45) is 0 Å². The normalized spacial score (nSPS) is 24.3. The molecular weight excluding hydrogens is 324 g/mol. The fourth-order valence-electron chi connectivity index (χ4n) is 3.51. The van der Waals surface area contributed by atoms with E-state index in [1.807, 2.05) is 6.92 Å². The molecule has 0 unspecified atom stereocenters. The Balaban J connectivity index is 1.86. The molecule has 1 saturated heterocycles. The van der Waals surface area contributed by atoms with E-state index in [1.54, 1.807) is 18.2 Å². The number of phenolic OH excluding ortho intramolecular Hbond substituents is 1. The first kappa shape index (κ1) is 14.6. The minimum Gasteiger partial charge on any atom is -0.504 e. The molecule has 2 atom stereocenters. The minimum atomic E-state index is -0.308. The van der Waals surface area contributed by atoms with E-state index in [1.165, 1.54) is 13.2 Å². The number of para-hydroxylation sites is 1. The Morgan fingerprint density at radius 2 is 2.12 bits per heavy atom. The van der Waals surface area contributed by atoms with Crippen LogP contribution in [0, 0.1) is 0 Å². The fourth-order valence-corrected chi connectivity index (χ4v) is 3.51. The van der Waals surface area contributed by atoms with Crippen LogP contribution in [-0.2, 0) is 11.2 Å². The van der Waals surface area contributed by atoms with Crippen LogP contribution in [0.3, 0.4) is 0 Å². The Kier molecular flexibility index (Phi) is 2.73. The monoisotopic (exact) mass is 340 g/mol. The highest BCUT2D eigenvalue weighted by Crippen LogP contribution is 2.46. The molecule has 2 aliphatic rings. The van der Waals surface area contributed by atoms with Gasteiger partial charge in [0.05, 0.1) is 19.1 Å². The highest BCUT2D eigenvalue weighted by Gasteiger charge is 2.51. The van der Waals surface area contributed by atoms with Crippen molar-refractivity contribution >= 4 is 21.9 Å². The van der Waals surface area contributed by atoms with E-state index >= 15 is 0 Å². The Morgan fingerprint density at radius 3 is 2.84 bits per heavy atom. The first-order chi connectivity index (χ1) is 12.0. The maximum absolute atomic E-state index is 13.0. The van der Waals surface area contributed by atoms with Crippen molar-refractivity contribution in [3.05, 3.63) is 40.1 Å². The van der Waals surface area contributed by atoms with Crippen molar-refractivity contribution in [3.8, 4) is 17.2 Å². The Bertz CT molecular complexity index is 1090. The molecule has 3 aromatic rings. The number of aromatic hydroxyl groups is 1. The standard InChI is InChI=1S/C19H16O6/c1-19(8-23-19)14-6-10-12(24-14)7-13(22-2)15-16(21)9-4-3-5-11(20)17(9)25-18(10)15/h3-5,7,14,20H,6,8H2,1-2H3/t14-,19-/m1/s1. The highest BCUT2D eigenvalue weighted by atomic mass is 16.6. The van der Waals surface area contributed by atoms with Crippen molar-refractivity contribution in [2.45, 2.75) is 25.0 Å². The molecule has 0 amide bonds. The number of rotatable bonds is 2. The summed E-state index contributed by atoms with van der Waals surface area (Å²) >= 11 is 0. The number of epoxide rings is 1. The van der Waals surface area contributed by atoms with E-state index in [9.17, 15) is 9.90 Å². The van der Waals surface area contributed by atoms with Crippen molar-refractivity contribution in [3.63, 3.8) is 0 Å². The third-order valence-corrected chi connectivity index (χ3v) is 5.14. The number of hydrogen-bond donors (Lipinski definition) is 1. The summed E-state index contributed by atoms with van der Waals surface area (Å²) < 4.78 is 22.9. The maximum Gasteiger partial charge on any atom is 0.204 e. The van der Waals surface area contributed by atoms with Gasteiger partial charge >= 0.3 is 0 Å². The smallest absolute Gasteiger partial charge is 0.204 e. The van der Waals surface area contributed by atoms with Crippen LogP contribution < -0.4 is 14.9 Å². The van der Waals surface area contributed by atoms with Gasteiger partial charge in [0.15, 0.2) is 11.3 Å². The van der Waals surface area contributed by atoms with E-state index in [0.29, 0.717) is 40.9 Å².